The molecule has 1 saturated carbocycles. The van der Waals surface area contributed by atoms with Crippen LogP contribution in [0.15, 0.2) is 30.3 Å². The topological polar surface area (TPSA) is 55.4 Å². The minimum atomic E-state index is -0.875. The van der Waals surface area contributed by atoms with Crippen LogP contribution in [0.3, 0.4) is 0 Å². The van der Waals surface area contributed by atoms with Gasteiger partial charge >= 0.3 is 5.97 Å². The number of esters is 1. The molecule has 25 heavy (non-hydrogen) atoms. The summed E-state index contributed by atoms with van der Waals surface area (Å²) in [4.78, 5) is 24.8. The predicted molar refractivity (Wildman–Crippen MR) is 99.9 cm³/mol. The van der Waals surface area contributed by atoms with Gasteiger partial charge in [-0.25, -0.2) is 0 Å². The zero-order valence-corrected chi connectivity index (χ0v) is 15.3. The molecule has 0 aliphatic heterocycles. The molecule has 0 radical (unpaired) electrons. The Hall–Kier alpha value is -2.10. The Bertz CT molecular complexity index is 586. The lowest BCUT2D eigenvalue weighted by atomic mass is 10.0. The average molecular weight is 343 g/mol. The highest BCUT2D eigenvalue weighted by atomic mass is 16.5. The van der Waals surface area contributed by atoms with Gasteiger partial charge in [-0.3, -0.25) is 9.59 Å². The first kappa shape index (κ1) is 19.2. The van der Waals surface area contributed by atoms with Crippen molar-refractivity contribution in [2.75, 3.05) is 6.54 Å². The molecule has 136 valence electrons. The molecule has 1 fully saturated rings. The summed E-state index contributed by atoms with van der Waals surface area (Å²) in [6.45, 7) is 4.53. The maximum absolute atomic E-state index is 12.5. The predicted octanol–water partition coefficient (Wildman–Crippen LogP) is 4.41. The standard InChI is InChI=1S/C21H29NO3/c1-3-7-16-10-12-18(13-11-16)20(21(24)22-14-4-2)25-19(23)15-17-8-5-6-9-17/h3,7,10-13,17,20H,4-6,8-9,14-15H2,1-2H3,(H,22,24)/b7-3+. The second-order valence-electron chi connectivity index (χ2n) is 6.68. The van der Waals surface area contributed by atoms with E-state index in [1.807, 2.05) is 50.3 Å². The molecule has 1 aliphatic carbocycles. The van der Waals surface area contributed by atoms with Crippen molar-refractivity contribution in [2.45, 2.75) is 58.5 Å². The van der Waals surface area contributed by atoms with Crippen molar-refractivity contribution >= 4 is 18.0 Å². The first-order chi connectivity index (χ1) is 12.1. The second kappa shape index (κ2) is 10.0. The number of benzene rings is 1. The fraction of sp³-hybridized carbons (Fsp3) is 0.524. The average Bonchev–Trinajstić information content (AvgIpc) is 3.11. The molecule has 1 atom stereocenters. The molecular weight excluding hydrogens is 314 g/mol. The molecule has 0 bridgehead atoms. The highest BCUT2D eigenvalue weighted by Crippen LogP contribution is 2.29. The summed E-state index contributed by atoms with van der Waals surface area (Å²) >= 11 is 0. The zero-order chi connectivity index (χ0) is 18.1. The molecule has 0 heterocycles. The molecule has 0 saturated heterocycles. The largest absolute Gasteiger partial charge is 0.447 e. The Morgan fingerprint density at radius 1 is 1.24 bits per heavy atom. The first-order valence-corrected chi connectivity index (χ1v) is 9.34. The van der Waals surface area contributed by atoms with E-state index < -0.39 is 6.10 Å². The van der Waals surface area contributed by atoms with Crippen molar-refractivity contribution in [1.29, 1.82) is 0 Å². The number of carbonyl (C=O) groups is 2. The molecule has 1 aromatic rings. The number of nitrogens with one attached hydrogen (secondary N) is 1. The van der Waals surface area contributed by atoms with Crippen LogP contribution in [-0.4, -0.2) is 18.4 Å². The Morgan fingerprint density at radius 3 is 2.52 bits per heavy atom. The molecule has 1 aliphatic rings. The van der Waals surface area contributed by atoms with Gasteiger partial charge in [0.25, 0.3) is 5.91 Å². The second-order valence-corrected chi connectivity index (χ2v) is 6.68. The van der Waals surface area contributed by atoms with Crippen LogP contribution in [0.4, 0.5) is 0 Å². The lowest BCUT2D eigenvalue weighted by Gasteiger charge is -2.19. The summed E-state index contributed by atoms with van der Waals surface area (Å²) in [6, 6.07) is 7.57. The van der Waals surface area contributed by atoms with Crippen LogP contribution in [0.2, 0.25) is 0 Å². The minimum Gasteiger partial charge on any atom is -0.447 e. The number of ether oxygens (including phenoxy) is 1. The molecule has 1 amide bonds. The fourth-order valence-corrected chi connectivity index (χ4v) is 3.22. The number of allylic oxidation sites excluding steroid dienone is 1. The van der Waals surface area contributed by atoms with Gasteiger partial charge in [0.15, 0.2) is 0 Å². The van der Waals surface area contributed by atoms with E-state index in [1.54, 1.807) is 0 Å². The summed E-state index contributed by atoms with van der Waals surface area (Å²) in [6.07, 6.45) is 8.86. The maximum Gasteiger partial charge on any atom is 0.307 e. The monoisotopic (exact) mass is 343 g/mol. The number of carbonyl (C=O) groups excluding carboxylic acids is 2. The molecule has 1 N–H and O–H groups in total. The van der Waals surface area contributed by atoms with Crippen LogP contribution >= 0.6 is 0 Å². The third kappa shape index (κ3) is 6.04. The van der Waals surface area contributed by atoms with Gasteiger partial charge in [-0.05, 0) is 37.7 Å². The summed E-state index contributed by atoms with van der Waals surface area (Å²) in [5.74, 6) is -0.120. The van der Waals surface area contributed by atoms with Crippen molar-refractivity contribution < 1.29 is 14.3 Å². The van der Waals surface area contributed by atoms with Gasteiger partial charge in [0.2, 0.25) is 6.10 Å². The Morgan fingerprint density at radius 2 is 1.92 bits per heavy atom. The van der Waals surface area contributed by atoms with Gasteiger partial charge in [-0.2, -0.15) is 0 Å². The van der Waals surface area contributed by atoms with E-state index in [1.165, 1.54) is 12.8 Å². The minimum absolute atomic E-state index is 0.250. The van der Waals surface area contributed by atoms with Gasteiger partial charge in [0.05, 0.1) is 0 Å². The molecule has 4 nitrogen and oxygen atoms in total. The molecule has 1 aromatic carbocycles. The molecular formula is C21H29NO3. The summed E-state index contributed by atoms with van der Waals surface area (Å²) in [5, 5.41) is 2.84. The van der Waals surface area contributed by atoms with Crippen molar-refractivity contribution in [3.8, 4) is 0 Å². The first-order valence-electron chi connectivity index (χ1n) is 9.34. The van der Waals surface area contributed by atoms with E-state index >= 15 is 0 Å². The lowest BCUT2D eigenvalue weighted by molar-refractivity contribution is -0.157. The van der Waals surface area contributed by atoms with Crippen LogP contribution in [-0.2, 0) is 14.3 Å². The zero-order valence-electron chi connectivity index (χ0n) is 15.3. The van der Waals surface area contributed by atoms with Crippen LogP contribution < -0.4 is 5.32 Å². The quantitative estimate of drug-likeness (QED) is 0.711. The van der Waals surface area contributed by atoms with E-state index in [9.17, 15) is 9.59 Å². The van der Waals surface area contributed by atoms with E-state index in [4.69, 9.17) is 4.74 Å². The molecule has 0 aromatic heterocycles. The Kier molecular flexibility index (Phi) is 7.71. The molecule has 1 unspecified atom stereocenters. The van der Waals surface area contributed by atoms with Gasteiger partial charge in [-0.1, -0.05) is 56.2 Å². The van der Waals surface area contributed by atoms with Crippen molar-refractivity contribution in [3.63, 3.8) is 0 Å². The van der Waals surface area contributed by atoms with E-state index in [0.717, 1.165) is 24.8 Å². The normalized spacial score (nSPS) is 16.1. The van der Waals surface area contributed by atoms with Crippen LogP contribution in [0, 0.1) is 5.92 Å². The summed E-state index contributed by atoms with van der Waals surface area (Å²) < 4.78 is 5.59. The van der Waals surface area contributed by atoms with E-state index in [0.29, 0.717) is 24.4 Å². The lowest BCUT2D eigenvalue weighted by Crippen LogP contribution is -2.32. The van der Waals surface area contributed by atoms with Crippen LogP contribution in [0.5, 0.6) is 0 Å². The fourth-order valence-electron chi connectivity index (χ4n) is 3.22. The SMILES string of the molecule is C/C=C/c1ccc(C(OC(=O)CC2CCCC2)C(=O)NCCC)cc1. The van der Waals surface area contributed by atoms with Gasteiger partial charge in [0, 0.05) is 18.5 Å². The van der Waals surface area contributed by atoms with Crippen LogP contribution in [0.25, 0.3) is 6.08 Å². The summed E-state index contributed by atoms with van der Waals surface area (Å²) in [5.41, 5.74) is 1.76. The third-order valence-electron chi connectivity index (χ3n) is 4.57. The van der Waals surface area contributed by atoms with Gasteiger partial charge in [0.1, 0.15) is 0 Å². The Balaban J connectivity index is 2.08. The van der Waals surface area contributed by atoms with Gasteiger partial charge in [-0.15, -0.1) is 0 Å². The van der Waals surface area contributed by atoms with E-state index in [2.05, 4.69) is 5.32 Å². The third-order valence-corrected chi connectivity index (χ3v) is 4.57. The van der Waals surface area contributed by atoms with E-state index in [-0.39, 0.29) is 11.9 Å². The maximum atomic E-state index is 12.5. The highest BCUT2D eigenvalue weighted by molar-refractivity contribution is 5.85. The molecule has 4 heteroatoms. The summed E-state index contributed by atoms with van der Waals surface area (Å²) in [7, 11) is 0. The van der Waals surface area contributed by atoms with Crippen LogP contribution in [0.1, 0.15) is 69.6 Å². The number of amides is 1. The molecule has 2 rings (SSSR count). The van der Waals surface area contributed by atoms with Crippen molar-refractivity contribution in [2.24, 2.45) is 5.92 Å². The van der Waals surface area contributed by atoms with Crippen molar-refractivity contribution in [3.05, 3.63) is 41.5 Å². The number of rotatable bonds is 8. The highest BCUT2D eigenvalue weighted by Gasteiger charge is 2.27. The smallest absolute Gasteiger partial charge is 0.307 e. The number of hydrogen-bond acceptors (Lipinski definition) is 3. The number of hydrogen-bond donors (Lipinski definition) is 1. The Labute approximate surface area is 150 Å². The van der Waals surface area contributed by atoms with Gasteiger partial charge < -0.3 is 10.1 Å². The van der Waals surface area contributed by atoms with Crippen molar-refractivity contribution in [1.82, 2.24) is 5.32 Å². The molecule has 0 spiro atoms.